The Labute approximate surface area is 271 Å². The van der Waals surface area contributed by atoms with E-state index in [4.69, 9.17) is 18.9 Å². The molecular weight excluding hydrogens is 578 g/mol. The van der Waals surface area contributed by atoms with Crippen molar-refractivity contribution >= 4 is 12.1 Å². The van der Waals surface area contributed by atoms with Crippen LogP contribution in [0.2, 0.25) is 0 Å². The van der Waals surface area contributed by atoms with Crippen molar-refractivity contribution < 1.29 is 28.5 Å². The maximum atomic E-state index is 13.6. The Kier molecular flexibility index (Phi) is 9.13. The molecule has 0 unspecified atom stereocenters. The van der Waals surface area contributed by atoms with E-state index < -0.39 is 23.7 Å². The number of rotatable bonds is 9. The monoisotopic (exact) mass is 619 g/mol. The molecule has 0 bridgehead atoms. The third kappa shape index (κ3) is 7.26. The molecule has 1 heterocycles. The van der Waals surface area contributed by atoms with E-state index >= 15 is 0 Å². The van der Waals surface area contributed by atoms with Crippen molar-refractivity contribution in [3.63, 3.8) is 0 Å². The number of hydrogen-bond acceptors (Lipinski definition) is 6. The fourth-order valence-electron chi connectivity index (χ4n) is 6.27. The van der Waals surface area contributed by atoms with Crippen LogP contribution in [-0.2, 0) is 32.2 Å². The van der Waals surface area contributed by atoms with Gasteiger partial charge in [0.2, 0.25) is 0 Å². The van der Waals surface area contributed by atoms with Gasteiger partial charge < -0.3 is 18.9 Å². The molecule has 0 radical (unpaired) electrons. The summed E-state index contributed by atoms with van der Waals surface area (Å²) >= 11 is 0. The van der Waals surface area contributed by atoms with Gasteiger partial charge in [0.25, 0.3) is 0 Å². The number of fused-ring (bicyclic) bond motifs is 3. The van der Waals surface area contributed by atoms with Crippen molar-refractivity contribution in [3.05, 3.63) is 125 Å². The van der Waals surface area contributed by atoms with Crippen LogP contribution < -0.4 is 4.74 Å². The molecule has 1 saturated heterocycles. The third-order valence-electron chi connectivity index (χ3n) is 8.46. The molecule has 2 aliphatic rings. The molecule has 1 fully saturated rings. The molecule has 0 spiro atoms. The normalized spacial score (nSPS) is 17.3. The SMILES string of the molecule is Cc1ccc(COc2ccc(COC(=O)[C@@H]3C[C@@H](OC(C)(C)C)CN3C(=O)OCC3c4ccccc4-c4ccccc43)cc2)cc1. The van der Waals surface area contributed by atoms with Gasteiger partial charge in [-0.2, -0.15) is 0 Å². The van der Waals surface area contributed by atoms with Crippen LogP contribution in [0.15, 0.2) is 97.1 Å². The zero-order chi connectivity index (χ0) is 32.3. The first-order valence-electron chi connectivity index (χ1n) is 15.9. The molecule has 4 aromatic rings. The Morgan fingerprint density at radius 2 is 1.35 bits per heavy atom. The number of carbonyl (C=O) groups excluding carboxylic acids is 2. The summed E-state index contributed by atoms with van der Waals surface area (Å²) in [5.41, 5.74) is 7.28. The molecule has 1 aliphatic heterocycles. The number of esters is 1. The lowest BCUT2D eigenvalue weighted by atomic mass is 9.98. The van der Waals surface area contributed by atoms with Crippen molar-refractivity contribution in [2.24, 2.45) is 0 Å². The molecule has 1 amide bonds. The second kappa shape index (κ2) is 13.4. The summed E-state index contributed by atoms with van der Waals surface area (Å²) in [6.07, 6.45) is -0.520. The summed E-state index contributed by atoms with van der Waals surface area (Å²) in [7, 11) is 0. The molecule has 4 aromatic carbocycles. The fourth-order valence-corrected chi connectivity index (χ4v) is 6.27. The van der Waals surface area contributed by atoms with E-state index in [1.807, 2.05) is 69.3 Å². The zero-order valence-electron chi connectivity index (χ0n) is 26.9. The average Bonchev–Trinajstić information content (AvgIpc) is 3.61. The maximum absolute atomic E-state index is 13.6. The van der Waals surface area contributed by atoms with E-state index in [1.165, 1.54) is 10.5 Å². The average molecular weight is 620 g/mol. The van der Waals surface area contributed by atoms with E-state index in [0.717, 1.165) is 39.1 Å². The summed E-state index contributed by atoms with van der Waals surface area (Å²) in [6.45, 7) is 8.92. The first-order valence-corrected chi connectivity index (χ1v) is 15.9. The van der Waals surface area contributed by atoms with Gasteiger partial charge in [-0.1, -0.05) is 90.5 Å². The Bertz CT molecular complexity index is 1630. The molecule has 2 atom stereocenters. The van der Waals surface area contributed by atoms with Crippen LogP contribution in [0.3, 0.4) is 0 Å². The lowest BCUT2D eigenvalue weighted by molar-refractivity contribution is -0.150. The minimum absolute atomic E-state index is 0.0742. The van der Waals surface area contributed by atoms with Crippen LogP contribution in [0.1, 0.15) is 60.9 Å². The number of hydrogen-bond donors (Lipinski definition) is 0. The van der Waals surface area contributed by atoms with Gasteiger partial charge in [0.15, 0.2) is 0 Å². The van der Waals surface area contributed by atoms with E-state index in [9.17, 15) is 9.59 Å². The summed E-state index contributed by atoms with van der Waals surface area (Å²) in [4.78, 5) is 28.5. The third-order valence-corrected chi connectivity index (χ3v) is 8.46. The van der Waals surface area contributed by atoms with Gasteiger partial charge in [0.05, 0.1) is 18.2 Å². The van der Waals surface area contributed by atoms with E-state index in [0.29, 0.717) is 13.0 Å². The summed E-state index contributed by atoms with van der Waals surface area (Å²) < 4.78 is 23.8. The Morgan fingerprint density at radius 1 is 0.761 bits per heavy atom. The quantitative estimate of drug-likeness (QED) is 0.178. The Hall–Kier alpha value is -4.62. The highest BCUT2D eigenvalue weighted by molar-refractivity contribution is 5.83. The highest BCUT2D eigenvalue weighted by Gasteiger charge is 2.43. The number of nitrogens with zero attached hydrogens (tertiary/aromatic N) is 1. The molecule has 7 heteroatoms. The van der Waals surface area contributed by atoms with Gasteiger partial charge in [-0.25, -0.2) is 9.59 Å². The zero-order valence-corrected chi connectivity index (χ0v) is 26.9. The predicted molar refractivity (Wildman–Crippen MR) is 177 cm³/mol. The number of ether oxygens (including phenoxy) is 4. The second-order valence-corrected chi connectivity index (χ2v) is 13.1. The Balaban J connectivity index is 1.08. The second-order valence-electron chi connectivity index (χ2n) is 13.1. The van der Waals surface area contributed by atoms with Gasteiger partial charge in [-0.3, -0.25) is 4.90 Å². The molecule has 46 heavy (non-hydrogen) atoms. The van der Waals surface area contributed by atoms with E-state index in [-0.39, 0.29) is 31.8 Å². The molecule has 238 valence electrons. The summed E-state index contributed by atoms with van der Waals surface area (Å²) in [6, 6.07) is 31.3. The highest BCUT2D eigenvalue weighted by Crippen LogP contribution is 2.44. The topological polar surface area (TPSA) is 74.3 Å². The number of amides is 1. The van der Waals surface area contributed by atoms with Crippen LogP contribution in [0.4, 0.5) is 4.79 Å². The molecule has 1 aliphatic carbocycles. The smallest absolute Gasteiger partial charge is 0.410 e. The van der Waals surface area contributed by atoms with Crippen LogP contribution in [0, 0.1) is 6.92 Å². The maximum Gasteiger partial charge on any atom is 0.410 e. The van der Waals surface area contributed by atoms with Gasteiger partial charge in [-0.15, -0.1) is 0 Å². The first-order chi connectivity index (χ1) is 22.1. The molecular formula is C39H41NO6. The largest absolute Gasteiger partial charge is 0.489 e. The van der Waals surface area contributed by atoms with Gasteiger partial charge in [0.1, 0.15) is 31.6 Å². The first kappa shape index (κ1) is 31.4. The number of carbonyl (C=O) groups is 2. The number of aryl methyl sites for hydroxylation is 1. The van der Waals surface area contributed by atoms with Crippen molar-refractivity contribution in [1.29, 1.82) is 0 Å². The predicted octanol–water partition coefficient (Wildman–Crippen LogP) is 7.82. The fraction of sp³-hybridized carbons (Fsp3) is 0.333. The molecule has 0 aromatic heterocycles. The van der Waals surface area contributed by atoms with Crippen LogP contribution in [0.5, 0.6) is 5.75 Å². The summed E-state index contributed by atoms with van der Waals surface area (Å²) in [5.74, 6) is 0.179. The number of likely N-dealkylation sites (tertiary alicyclic amines) is 1. The molecule has 6 rings (SSSR count). The standard InChI is InChI=1S/C39H41NO6/c1-26-13-15-27(16-14-26)23-43-29-19-17-28(18-20-29)24-44-37(41)36-21-30(46-39(2,3)4)22-40(36)38(42)45-25-35-33-11-7-5-9-31(33)32-10-6-8-12-34(32)35/h5-20,30,35-36H,21-25H2,1-4H3/t30-,36+/m1/s1. The van der Waals surface area contributed by atoms with Gasteiger partial charge >= 0.3 is 12.1 Å². The molecule has 0 N–H and O–H groups in total. The van der Waals surface area contributed by atoms with E-state index in [2.05, 4.69) is 55.5 Å². The number of benzene rings is 4. The lowest BCUT2D eigenvalue weighted by Gasteiger charge is -2.25. The van der Waals surface area contributed by atoms with Crippen LogP contribution in [0.25, 0.3) is 11.1 Å². The minimum Gasteiger partial charge on any atom is -0.489 e. The van der Waals surface area contributed by atoms with Crippen molar-refractivity contribution in [2.75, 3.05) is 13.2 Å². The molecule has 7 nitrogen and oxygen atoms in total. The highest BCUT2D eigenvalue weighted by atomic mass is 16.6. The van der Waals surface area contributed by atoms with Crippen molar-refractivity contribution in [3.8, 4) is 16.9 Å². The van der Waals surface area contributed by atoms with Crippen LogP contribution >= 0.6 is 0 Å². The molecule has 0 saturated carbocycles. The van der Waals surface area contributed by atoms with Crippen LogP contribution in [-0.4, -0.2) is 47.9 Å². The lowest BCUT2D eigenvalue weighted by Crippen LogP contribution is -2.42. The van der Waals surface area contributed by atoms with Gasteiger partial charge in [-0.05, 0) is 73.2 Å². The van der Waals surface area contributed by atoms with Crippen molar-refractivity contribution in [2.45, 2.75) is 71.0 Å². The summed E-state index contributed by atoms with van der Waals surface area (Å²) in [5, 5.41) is 0. The Morgan fingerprint density at radius 3 is 1.98 bits per heavy atom. The van der Waals surface area contributed by atoms with Crippen molar-refractivity contribution in [1.82, 2.24) is 4.90 Å². The van der Waals surface area contributed by atoms with E-state index in [1.54, 1.807) is 0 Å². The minimum atomic E-state index is -0.805. The van der Waals surface area contributed by atoms with Gasteiger partial charge in [0, 0.05) is 12.3 Å².